The van der Waals surface area contributed by atoms with Crippen LogP contribution < -0.4 is 9.64 Å². The summed E-state index contributed by atoms with van der Waals surface area (Å²) in [5, 5.41) is 8.66. The van der Waals surface area contributed by atoms with Crippen molar-refractivity contribution in [2.45, 2.75) is 13.5 Å². The van der Waals surface area contributed by atoms with Crippen molar-refractivity contribution in [3.63, 3.8) is 0 Å². The lowest BCUT2D eigenvalue weighted by Gasteiger charge is -2.34. The van der Waals surface area contributed by atoms with E-state index >= 15 is 0 Å². The molecule has 0 atom stereocenters. The van der Waals surface area contributed by atoms with Gasteiger partial charge in [0.05, 0.1) is 12.3 Å². The van der Waals surface area contributed by atoms with Crippen LogP contribution in [0.3, 0.4) is 0 Å². The smallest absolute Gasteiger partial charge is 0.410 e. The van der Waals surface area contributed by atoms with Gasteiger partial charge in [-0.05, 0) is 36.8 Å². The van der Waals surface area contributed by atoms with Crippen LogP contribution in [0.2, 0.25) is 0 Å². The van der Waals surface area contributed by atoms with Gasteiger partial charge in [-0.1, -0.05) is 35.5 Å². The molecule has 5 rings (SSSR count). The summed E-state index contributed by atoms with van der Waals surface area (Å²) in [4.78, 5) is 25.2. The van der Waals surface area contributed by atoms with Gasteiger partial charge in [-0.15, -0.1) is 5.10 Å². The number of anilines is 1. The van der Waals surface area contributed by atoms with Crippen LogP contribution in [0.25, 0.3) is 16.9 Å². The Labute approximate surface area is 196 Å². The third-order valence-electron chi connectivity index (χ3n) is 5.65. The summed E-state index contributed by atoms with van der Waals surface area (Å²) in [5.74, 6) is 1.51. The van der Waals surface area contributed by atoms with Crippen molar-refractivity contribution in [3.05, 3.63) is 66.5 Å². The van der Waals surface area contributed by atoms with Gasteiger partial charge in [0, 0.05) is 26.2 Å². The van der Waals surface area contributed by atoms with Gasteiger partial charge in [0.25, 0.3) is 0 Å². The Balaban J connectivity index is 1.26. The summed E-state index contributed by atoms with van der Waals surface area (Å²) in [7, 11) is 0. The van der Waals surface area contributed by atoms with E-state index in [2.05, 4.69) is 25.2 Å². The SMILES string of the molecule is CCOc1ccc(-n2nnc3c(N4CCN(C(=O)OCc5ccccc5)CC4)ncnc32)cc1. The van der Waals surface area contributed by atoms with E-state index in [4.69, 9.17) is 9.47 Å². The molecule has 1 aliphatic rings. The summed E-state index contributed by atoms with van der Waals surface area (Å²) in [6.45, 7) is 5.12. The van der Waals surface area contributed by atoms with Crippen LogP contribution in [0.15, 0.2) is 60.9 Å². The third kappa shape index (κ3) is 4.47. The standard InChI is InChI=1S/C24H25N7O3/c1-2-33-20-10-8-19(9-11-20)31-23-21(27-28-31)22(25-17-26-23)29-12-14-30(15-13-29)24(32)34-16-18-6-4-3-5-7-18/h3-11,17H,2,12-16H2,1H3. The highest BCUT2D eigenvalue weighted by Crippen LogP contribution is 2.24. The molecule has 0 N–H and O–H groups in total. The van der Waals surface area contributed by atoms with Gasteiger partial charge in [-0.25, -0.2) is 14.8 Å². The maximum atomic E-state index is 12.5. The van der Waals surface area contributed by atoms with Crippen molar-refractivity contribution >= 4 is 23.1 Å². The highest BCUT2D eigenvalue weighted by Gasteiger charge is 2.25. The topological polar surface area (TPSA) is 98.5 Å². The van der Waals surface area contributed by atoms with E-state index in [0.717, 1.165) is 17.0 Å². The normalized spacial score (nSPS) is 13.8. The first-order chi connectivity index (χ1) is 16.7. The fourth-order valence-corrected chi connectivity index (χ4v) is 3.90. The molecule has 1 saturated heterocycles. The molecule has 4 aromatic rings. The molecular weight excluding hydrogens is 434 g/mol. The molecule has 2 aromatic heterocycles. The van der Waals surface area contributed by atoms with E-state index in [1.807, 2.05) is 61.5 Å². The first kappa shape index (κ1) is 21.6. The van der Waals surface area contributed by atoms with Crippen LogP contribution in [-0.2, 0) is 11.3 Å². The number of carbonyl (C=O) groups excluding carboxylic acids is 1. The lowest BCUT2D eigenvalue weighted by atomic mass is 10.2. The largest absolute Gasteiger partial charge is 0.494 e. The maximum absolute atomic E-state index is 12.5. The van der Waals surface area contributed by atoms with Crippen LogP contribution in [-0.4, -0.2) is 68.7 Å². The van der Waals surface area contributed by atoms with Gasteiger partial charge in [-0.3, -0.25) is 0 Å². The zero-order valence-electron chi connectivity index (χ0n) is 18.9. The van der Waals surface area contributed by atoms with Crippen molar-refractivity contribution in [1.29, 1.82) is 0 Å². The molecular formula is C24H25N7O3. The van der Waals surface area contributed by atoms with E-state index in [-0.39, 0.29) is 12.7 Å². The number of nitrogens with zero attached hydrogens (tertiary/aromatic N) is 7. The first-order valence-corrected chi connectivity index (χ1v) is 11.2. The van der Waals surface area contributed by atoms with Gasteiger partial charge in [0.2, 0.25) is 0 Å². The van der Waals surface area contributed by atoms with Gasteiger partial charge in [0.15, 0.2) is 17.0 Å². The first-order valence-electron chi connectivity index (χ1n) is 11.2. The van der Waals surface area contributed by atoms with Crippen molar-refractivity contribution < 1.29 is 14.3 Å². The molecule has 2 aromatic carbocycles. The highest BCUT2D eigenvalue weighted by molar-refractivity contribution is 5.83. The van der Waals surface area contributed by atoms with E-state index in [9.17, 15) is 4.79 Å². The van der Waals surface area contributed by atoms with E-state index < -0.39 is 0 Å². The van der Waals surface area contributed by atoms with Gasteiger partial charge in [0.1, 0.15) is 18.7 Å². The molecule has 0 saturated carbocycles. The number of carbonyl (C=O) groups is 1. The summed E-state index contributed by atoms with van der Waals surface area (Å²) < 4.78 is 12.7. The molecule has 1 aliphatic heterocycles. The fourth-order valence-electron chi connectivity index (χ4n) is 3.90. The summed E-state index contributed by atoms with van der Waals surface area (Å²) >= 11 is 0. The Morgan fingerprint density at radius 2 is 1.74 bits per heavy atom. The Hall–Kier alpha value is -4.21. The minimum absolute atomic E-state index is 0.265. The van der Waals surface area contributed by atoms with Gasteiger partial charge in [-0.2, -0.15) is 4.68 Å². The number of fused-ring (bicyclic) bond motifs is 1. The second-order valence-corrected chi connectivity index (χ2v) is 7.81. The summed E-state index contributed by atoms with van der Waals surface area (Å²) in [6.07, 6.45) is 1.21. The average molecular weight is 460 g/mol. The van der Waals surface area contributed by atoms with E-state index in [1.54, 1.807) is 9.58 Å². The summed E-state index contributed by atoms with van der Waals surface area (Å²) in [6, 6.07) is 17.3. The molecule has 0 bridgehead atoms. The second kappa shape index (κ2) is 9.74. The van der Waals surface area contributed by atoms with Crippen LogP contribution in [0.1, 0.15) is 12.5 Å². The van der Waals surface area contributed by atoms with E-state index in [0.29, 0.717) is 49.8 Å². The Kier molecular flexibility index (Phi) is 6.19. The predicted octanol–water partition coefficient (Wildman–Crippen LogP) is 3.07. The van der Waals surface area contributed by atoms with Crippen molar-refractivity contribution in [3.8, 4) is 11.4 Å². The quantitative estimate of drug-likeness (QED) is 0.434. The Morgan fingerprint density at radius 1 is 0.971 bits per heavy atom. The molecule has 10 nitrogen and oxygen atoms in total. The molecule has 0 radical (unpaired) electrons. The second-order valence-electron chi connectivity index (χ2n) is 7.81. The molecule has 1 amide bonds. The summed E-state index contributed by atoms with van der Waals surface area (Å²) in [5.41, 5.74) is 3.05. The molecule has 3 heterocycles. The zero-order valence-corrected chi connectivity index (χ0v) is 18.9. The minimum Gasteiger partial charge on any atom is -0.494 e. The monoisotopic (exact) mass is 459 g/mol. The average Bonchev–Trinajstić information content (AvgIpc) is 3.33. The number of amides is 1. The van der Waals surface area contributed by atoms with Crippen LogP contribution in [0, 0.1) is 0 Å². The maximum Gasteiger partial charge on any atom is 0.410 e. The number of aromatic nitrogens is 5. The fraction of sp³-hybridized carbons (Fsp3) is 0.292. The zero-order chi connectivity index (χ0) is 23.3. The number of hydrogen-bond acceptors (Lipinski definition) is 8. The van der Waals surface area contributed by atoms with Crippen LogP contribution in [0.4, 0.5) is 10.6 Å². The molecule has 174 valence electrons. The Bertz CT molecular complexity index is 1250. The number of rotatable bonds is 6. The third-order valence-corrected chi connectivity index (χ3v) is 5.65. The number of benzene rings is 2. The highest BCUT2D eigenvalue weighted by atomic mass is 16.6. The predicted molar refractivity (Wildman–Crippen MR) is 126 cm³/mol. The lowest BCUT2D eigenvalue weighted by molar-refractivity contribution is 0.0941. The molecule has 0 aliphatic carbocycles. The minimum atomic E-state index is -0.308. The van der Waals surface area contributed by atoms with Gasteiger partial charge < -0.3 is 19.3 Å². The van der Waals surface area contributed by atoms with Crippen molar-refractivity contribution in [2.75, 3.05) is 37.7 Å². The molecule has 34 heavy (non-hydrogen) atoms. The van der Waals surface area contributed by atoms with Gasteiger partial charge >= 0.3 is 6.09 Å². The number of hydrogen-bond donors (Lipinski definition) is 0. The lowest BCUT2D eigenvalue weighted by Crippen LogP contribution is -2.49. The number of ether oxygens (including phenoxy) is 2. The molecule has 0 unspecified atom stereocenters. The van der Waals surface area contributed by atoms with Crippen molar-refractivity contribution in [1.82, 2.24) is 29.9 Å². The molecule has 0 spiro atoms. The molecule has 10 heteroatoms. The van der Waals surface area contributed by atoms with Crippen LogP contribution >= 0.6 is 0 Å². The Morgan fingerprint density at radius 3 is 2.47 bits per heavy atom. The van der Waals surface area contributed by atoms with E-state index in [1.165, 1.54) is 6.33 Å². The molecule has 1 fully saturated rings. The van der Waals surface area contributed by atoms with Crippen LogP contribution in [0.5, 0.6) is 5.75 Å². The van der Waals surface area contributed by atoms with Crippen molar-refractivity contribution in [2.24, 2.45) is 0 Å². The number of piperazine rings is 1.